The first-order chi connectivity index (χ1) is 8.13. The van der Waals surface area contributed by atoms with Crippen molar-refractivity contribution >= 4 is 29.2 Å². The number of carbonyl (C=O) groups excluding carboxylic acids is 1. The molecular formula is C11H15Cl2N3O. The van der Waals surface area contributed by atoms with Crippen molar-refractivity contribution in [2.24, 2.45) is 0 Å². The Balaban J connectivity index is 2.30. The fourth-order valence-corrected chi connectivity index (χ4v) is 1.48. The maximum Gasteiger partial charge on any atom is 0.329 e. The third-order valence-corrected chi connectivity index (χ3v) is 2.75. The SMILES string of the molecule is CCCNC(=O)NNCc1ccc(Cl)c(Cl)c1. The van der Waals surface area contributed by atoms with Crippen LogP contribution in [0.25, 0.3) is 0 Å². The van der Waals surface area contributed by atoms with Crippen LogP contribution in [0.5, 0.6) is 0 Å². The summed E-state index contributed by atoms with van der Waals surface area (Å²) in [7, 11) is 0. The Morgan fingerprint density at radius 3 is 2.71 bits per heavy atom. The molecule has 0 radical (unpaired) electrons. The first kappa shape index (κ1) is 14.1. The van der Waals surface area contributed by atoms with E-state index in [4.69, 9.17) is 23.2 Å². The van der Waals surface area contributed by atoms with Crippen LogP contribution in [0, 0.1) is 0 Å². The Kier molecular flexibility index (Phi) is 6.11. The average molecular weight is 276 g/mol. The summed E-state index contributed by atoms with van der Waals surface area (Å²) in [5, 5.41) is 3.70. The lowest BCUT2D eigenvalue weighted by atomic mass is 10.2. The van der Waals surface area contributed by atoms with Gasteiger partial charge in [-0.05, 0) is 24.1 Å². The third kappa shape index (κ3) is 5.26. The molecule has 6 heteroatoms. The summed E-state index contributed by atoms with van der Waals surface area (Å²) in [5.41, 5.74) is 6.26. The number of hydrogen-bond donors (Lipinski definition) is 3. The van der Waals surface area contributed by atoms with Crippen molar-refractivity contribution in [3.05, 3.63) is 33.8 Å². The number of hydrazine groups is 1. The minimum Gasteiger partial charge on any atom is -0.337 e. The van der Waals surface area contributed by atoms with Gasteiger partial charge in [0.1, 0.15) is 0 Å². The van der Waals surface area contributed by atoms with Crippen LogP contribution in [-0.4, -0.2) is 12.6 Å². The van der Waals surface area contributed by atoms with Gasteiger partial charge in [-0.2, -0.15) is 0 Å². The number of rotatable bonds is 5. The molecule has 1 aromatic carbocycles. The minimum atomic E-state index is -0.244. The largest absolute Gasteiger partial charge is 0.337 e. The summed E-state index contributed by atoms with van der Waals surface area (Å²) in [4.78, 5) is 11.2. The van der Waals surface area contributed by atoms with Crippen LogP contribution >= 0.6 is 23.2 Å². The van der Waals surface area contributed by atoms with E-state index in [2.05, 4.69) is 16.2 Å². The van der Waals surface area contributed by atoms with Gasteiger partial charge in [-0.1, -0.05) is 36.2 Å². The van der Waals surface area contributed by atoms with E-state index in [-0.39, 0.29) is 6.03 Å². The van der Waals surface area contributed by atoms with Gasteiger partial charge in [0.05, 0.1) is 10.0 Å². The smallest absolute Gasteiger partial charge is 0.329 e. The van der Waals surface area contributed by atoms with Gasteiger partial charge in [0.25, 0.3) is 0 Å². The molecule has 0 unspecified atom stereocenters. The highest BCUT2D eigenvalue weighted by Gasteiger charge is 2.00. The van der Waals surface area contributed by atoms with E-state index >= 15 is 0 Å². The summed E-state index contributed by atoms with van der Waals surface area (Å²) >= 11 is 11.7. The molecule has 2 amide bonds. The minimum absolute atomic E-state index is 0.244. The standard InChI is InChI=1S/C11H15Cl2N3O/c1-2-5-14-11(17)16-15-7-8-3-4-9(12)10(13)6-8/h3-4,6,15H,2,5,7H2,1H3,(H2,14,16,17). The van der Waals surface area contributed by atoms with Crippen molar-refractivity contribution in [2.45, 2.75) is 19.9 Å². The zero-order valence-corrected chi connectivity index (χ0v) is 11.0. The first-order valence-corrected chi connectivity index (χ1v) is 6.09. The quantitative estimate of drug-likeness (QED) is 0.724. The van der Waals surface area contributed by atoms with E-state index < -0.39 is 0 Å². The van der Waals surface area contributed by atoms with Crippen molar-refractivity contribution in [1.29, 1.82) is 0 Å². The van der Waals surface area contributed by atoms with Gasteiger partial charge >= 0.3 is 6.03 Å². The average Bonchev–Trinajstić information content (AvgIpc) is 2.31. The zero-order valence-electron chi connectivity index (χ0n) is 9.52. The topological polar surface area (TPSA) is 53.2 Å². The molecule has 0 aromatic heterocycles. The monoisotopic (exact) mass is 275 g/mol. The van der Waals surface area contributed by atoms with E-state index in [1.54, 1.807) is 12.1 Å². The van der Waals surface area contributed by atoms with Gasteiger partial charge < -0.3 is 5.32 Å². The molecule has 0 aliphatic carbocycles. The van der Waals surface area contributed by atoms with E-state index in [1.807, 2.05) is 13.0 Å². The van der Waals surface area contributed by atoms with Gasteiger partial charge in [-0.15, -0.1) is 0 Å². The van der Waals surface area contributed by atoms with Crippen LogP contribution in [0.15, 0.2) is 18.2 Å². The Bertz CT molecular complexity index is 385. The lowest BCUT2D eigenvalue weighted by Crippen LogP contribution is -2.43. The molecule has 17 heavy (non-hydrogen) atoms. The summed E-state index contributed by atoms with van der Waals surface area (Å²) in [5.74, 6) is 0. The van der Waals surface area contributed by atoms with E-state index in [0.29, 0.717) is 23.1 Å². The molecule has 0 aliphatic rings. The molecule has 0 saturated heterocycles. The molecule has 0 bridgehead atoms. The van der Waals surface area contributed by atoms with E-state index in [9.17, 15) is 4.79 Å². The van der Waals surface area contributed by atoms with Crippen LogP contribution in [0.4, 0.5) is 4.79 Å². The fraction of sp³-hybridized carbons (Fsp3) is 0.364. The summed E-state index contributed by atoms with van der Waals surface area (Å²) in [6.45, 7) is 3.13. The van der Waals surface area contributed by atoms with Crippen LogP contribution in [0.3, 0.4) is 0 Å². The predicted molar refractivity (Wildman–Crippen MR) is 70.1 cm³/mol. The Hall–Kier alpha value is -0.970. The Morgan fingerprint density at radius 1 is 1.29 bits per heavy atom. The van der Waals surface area contributed by atoms with Crippen molar-refractivity contribution in [3.63, 3.8) is 0 Å². The molecular weight excluding hydrogens is 261 g/mol. The molecule has 0 atom stereocenters. The molecule has 3 N–H and O–H groups in total. The van der Waals surface area contributed by atoms with Crippen LogP contribution in [0.1, 0.15) is 18.9 Å². The number of halogens is 2. The normalized spacial score (nSPS) is 10.1. The predicted octanol–water partition coefficient (Wildman–Crippen LogP) is 2.71. The maximum atomic E-state index is 11.2. The second-order valence-corrected chi connectivity index (χ2v) is 4.30. The van der Waals surface area contributed by atoms with Crippen LogP contribution < -0.4 is 16.2 Å². The molecule has 1 rings (SSSR count). The molecule has 1 aromatic rings. The zero-order chi connectivity index (χ0) is 12.7. The van der Waals surface area contributed by atoms with Gasteiger partial charge in [0, 0.05) is 13.1 Å². The fourth-order valence-electron chi connectivity index (χ4n) is 1.16. The highest BCUT2D eigenvalue weighted by atomic mass is 35.5. The summed E-state index contributed by atoms with van der Waals surface area (Å²) in [6.07, 6.45) is 0.903. The number of amides is 2. The van der Waals surface area contributed by atoms with E-state index in [1.165, 1.54) is 0 Å². The van der Waals surface area contributed by atoms with E-state index in [0.717, 1.165) is 12.0 Å². The molecule has 0 aliphatic heterocycles. The molecule has 0 heterocycles. The third-order valence-electron chi connectivity index (χ3n) is 2.01. The number of nitrogens with one attached hydrogen (secondary N) is 3. The first-order valence-electron chi connectivity index (χ1n) is 5.34. The molecule has 94 valence electrons. The van der Waals surface area contributed by atoms with Crippen molar-refractivity contribution in [3.8, 4) is 0 Å². The second-order valence-electron chi connectivity index (χ2n) is 3.48. The highest BCUT2D eigenvalue weighted by molar-refractivity contribution is 6.42. The second kappa shape index (κ2) is 7.37. The number of urea groups is 1. The van der Waals surface area contributed by atoms with Crippen molar-refractivity contribution < 1.29 is 4.79 Å². The lowest BCUT2D eigenvalue weighted by molar-refractivity contribution is 0.236. The number of carbonyl (C=O) groups is 1. The van der Waals surface area contributed by atoms with Crippen molar-refractivity contribution in [1.82, 2.24) is 16.2 Å². The van der Waals surface area contributed by atoms with Gasteiger partial charge in [0.2, 0.25) is 0 Å². The van der Waals surface area contributed by atoms with Gasteiger partial charge in [0.15, 0.2) is 0 Å². The highest BCUT2D eigenvalue weighted by Crippen LogP contribution is 2.22. The summed E-state index contributed by atoms with van der Waals surface area (Å²) < 4.78 is 0. The Morgan fingerprint density at radius 2 is 2.06 bits per heavy atom. The molecule has 0 fully saturated rings. The Labute approximate surface area is 111 Å². The number of hydrogen-bond acceptors (Lipinski definition) is 2. The van der Waals surface area contributed by atoms with Crippen molar-refractivity contribution in [2.75, 3.05) is 6.54 Å². The van der Waals surface area contributed by atoms with Crippen LogP contribution in [0.2, 0.25) is 10.0 Å². The molecule has 0 spiro atoms. The molecule has 0 saturated carbocycles. The van der Waals surface area contributed by atoms with Crippen LogP contribution in [-0.2, 0) is 6.54 Å². The number of benzene rings is 1. The maximum absolute atomic E-state index is 11.2. The van der Waals surface area contributed by atoms with Gasteiger partial charge in [-0.3, -0.25) is 5.43 Å². The lowest BCUT2D eigenvalue weighted by Gasteiger charge is -2.08. The van der Waals surface area contributed by atoms with Gasteiger partial charge in [-0.25, -0.2) is 10.2 Å². The molecule has 4 nitrogen and oxygen atoms in total. The summed E-state index contributed by atoms with van der Waals surface area (Å²) in [6, 6.07) is 5.07.